The zero-order valence-electron chi connectivity index (χ0n) is 33.0. The summed E-state index contributed by atoms with van der Waals surface area (Å²) in [6, 6.07) is 88.0. The van der Waals surface area contributed by atoms with Crippen LogP contribution in [0.25, 0.3) is 82.8 Å². The van der Waals surface area contributed by atoms with Gasteiger partial charge in [-0.05, 0) is 92.7 Å². The van der Waals surface area contributed by atoms with Crippen LogP contribution >= 0.6 is 0 Å². The zero-order valence-corrected chi connectivity index (χ0v) is 33.0. The minimum atomic E-state index is 1.11. The summed E-state index contributed by atoms with van der Waals surface area (Å²) < 4.78 is 2.45. The molecule has 0 N–H and O–H groups in total. The van der Waals surface area contributed by atoms with Crippen LogP contribution in [0.2, 0.25) is 0 Å². The van der Waals surface area contributed by atoms with Gasteiger partial charge in [0.1, 0.15) is 0 Å². The van der Waals surface area contributed by atoms with E-state index in [4.69, 9.17) is 0 Å². The molecular formula is C58H40N2. The number of benzene rings is 10. The van der Waals surface area contributed by atoms with Crippen molar-refractivity contribution in [3.05, 3.63) is 243 Å². The van der Waals surface area contributed by atoms with Crippen LogP contribution in [0.5, 0.6) is 0 Å². The van der Waals surface area contributed by atoms with Crippen LogP contribution in [-0.2, 0) is 0 Å². The summed E-state index contributed by atoms with van der Waals surface area (Å²) in [5, 5.41) is 4.87. The van der Waals surface area contributed by atoms with Gasteiger partial charge in [-0.25, -0.2) is 0 Å². The third kappa shape index (κ3) is 6.14. The molecule has 60 heavy (non-hydrogen) atoms. The Morgan fingerprint density at radius 3 is 1.47 bits per heavy atom. The molecule has 0 spiro atoms. The van der Waals surface area contributed by atoms with E-state index >= 15 is 0 Å². The Bertz CT molecular complexity index is 3230. The normalized spacial score (nSPS) is 11.3. The van der Waals surface area contributed by atoms with Gasteiger partial charge in [0, 0.05) is 27.6 Å². The number of fused-ring (bicyclic) bond motifs is 4. The Morgan fingerprint density at radius 1 is 0.283 bits per heavy atom. The highest BCUT2D eigenvalue weighted by Crippen LogP contribution is 2.49. The lowest BCUT2D eigenvalue weighted by atomic mass is 9.92. The van der Waals surface area contributed by atoms with Gasteiger partial charge in [0.2, 0.25) is 0 Å². The third-order valence-electron chi connectivity index (χ3n) is 11.8. The number of rotatable bonds is 8. The number of para-hydroxylation sites is 3. The van der Waals surface area contributed by atoms with E-state index in [9.17, 15) is 0 Å². The van der Waals surface area contributed by atoms with Crippen molar-refractivity contribution in [1.29, 1.82) is 0 Å². The van der Waals surface area contributed by atoms with Crippen LogP contribution in [0.4, 0.5) is 17.1 Å². The summed E-state index contributed by atoms with van der Waals surface area (Å²) in [4.78, 5) is 2.49. The van der Waals surface area contributed by atoms with Crippen molar-refractivity contribution in [1.82, 2.24) is 4.57 Å². The Balaban J connectivity index is 1.18. The van der Waals surface area contributed by atoms with Crippen molar-refractivity contribution in [3.63, 3.8) is 0 Å². The van der Waals surface area contributed by atoms with E-state index in [0.717, 1.165) is 33.8 Å². The maximum atomic E-state index is 2.49. The number of anilines is 3. The molecule has 1 aromatic heterocycles. The summed E-state index contributed by atoms with van der Waals surface area (Å²) in [5.41, 5.74) is 16.2. The van der Waals surface area contributed by atoms with E-state index < -0.39 is 0 Å². The summed E-state index contributed by atoms with van der Waals surface area (Å²) in [6.45, 7) is 0. The second kappa shape index (κ2) is 15.1. The first-order valence-corrected chi connectivity index (χ1v) is 20.6. The van der Waals surface area contributed by atoms with Crippen molar-refractivity contribution in [3.8, 4) is 50.2 Å². The standard InChI is InChI=1S/C58H40N2/c1-4-20-42(21-5-1)49-27-12-15-30-53(49)60(54-31-16-13-28-50(54)43-22-6-2-7-23-43)57-34-18-33-56-58(57)51-29-14-17-32-55(51)59(56)47-37-38-48(52(40-47)44-24-8-3-9-25-44)46-36-35-41-19-10-11-26-45(41)39-46/h1-40H. The van der Waals surface area contributed by atoms with Gasteiger partial charge < -0.3 is 9.47 Å². The van der Waals surface area contributed by atoms with Gasteiger partial charge in [-0.15, -0.1) is 0 Å². The maximum Gasteiger partial charge on any atom is 0.0562 e. The molecule has 0 radical (unpaired) electrons. The summed E-state index contributed by atoms with van der Waals surface area (Å²) in [6.07, 6.45) is 0. The number of hydrogen-bond donors (Lipinski definition) is 0. The highest BCUT2D eigenvalue weighted by Gasteiger charge is 2.25. The first kappa shape index (κ1) is 35.2. The van der Waals surface area contributed by atoms with Gasteiger partial charge in [-0.1, -0.05) is 194 Å². The SMILES string of the molecule is c1ccc(-c2cc(-n3c4ccccc4c4c(N(c5ccccc5-c5ccccc5)c5ccccc5-c5ccccc5)cccc43)ccc2-c2ccc3ccccc3c2)cc1. The fourth-order valence-electron chi connectivity index (χ4n) is 9.05. The van der Waals surface area contributed by atoms with Crippen molar-refractivity contribution in [2.75, 3.05) is 4.90 Å². The quantitative estimate of drug-likeness (QED) is 0.150. The summed E-state index contributed by atoms with van der Waals surface area (Å²) in [5.74, 6) is 0. The monoisotopic (exact) mass is 764 g/mol. The Hall–Kier alpha value is -7.94. The molecule has 10 aromatic carbocycles. The van der Waals surface area contributed by atoms with Crippen molar-refractivity contribution in [2.24, 2.45) is 0 Å². The third-order valence-corrected chi connectivity index (χ3v) is 11.8. The second-order valence-corrected chi connectivity index (χ2v) is 15.3. The molecule has 2 heteroatoms. The molecule has 11 rings (SSSR count). The molecule has 0 aliphatic rings. The molecule has 282 valence electrons. The smallest absolute Gasteiger partial charge is 0.0562 e. The van der Waals surface area contributed by atoms with E-state index in [1.54, 1.807) is 0 Å². The number of hydrogen-bond acceptors (Lipinski definition) is 1. The predicted molar refractivity (Wildman–Crippen MR) is 255 cm³/mol. The predicted octanol–water partition coefficient (Wildman–Crippen LogP) is 16.1. The van der Waals surface area contributed by atoms with E-state index in [1.807, 2.05) is 0 Å². The molecule has 0 bridgehead atoms. The molecule has 0 unspecified atom stereocenters. The van der Waals surface area contributed by atoms with Gasteiger partial charge in [0.25, 0.3) is 0 Å². The molecule has 0 atom stereocenters. The molecule has 0 saturated heterocycles. The Labute approximate surface area is 350 Å². The second-order valence-electron chi connectivity index (χ2n) is 15.3. The van der Waals surface area contributed by atoms with Crippen molar-refractivity contribution in [2.45, 2.75) is 0 Å². The maximum absolute atomic E-state index is 2.49. The van der Waals surface area contributed by atoms with Crippen LogP contribution in [0.3, 0.4) is 0 Å². The highest BCUT2D eigenvalue weighted by molar-refractivity contribution is 6.17. The van der Waals surface area contributed by atoms with E-state index in [1.165, 1.54) is 66.1 Å². The fourth-order valence-corrected chi connectivity index (χ4v) is 9.05. The van der Waals surface area contributed by atoms with Gasteiger partial charge in [0.15, 0.2) is 0 Å². The van der Waals surface area contributed by atoms with Crippen molar-refractivity contribution < 1.29 is 0 Å². The molecule has 1 heterocycles. The molecule has 0 fully saturated rings. The van der Waals surface area contributed by atoms with Gasteiger partial charge in [-0.2, -0.15) is 0 Å². The lowest BCUT2D eigenvalue weighted by molar-refractivity contribution is 1.18. The molecule has 0 amide bonds. The lowest BCUT2D eigenvalue weighted by Crippen LogP contribution is -2.13. The average Bonchev–Trinajstić information content (AvgIpc) is 3.67. The van der Waals surface area contributed by atoms with Crippen LogP contribution in [-0.4, -0.2) is 4.57 Å². The minimum absolute atomic E-state index is 1.11. The van der Waals surface area contributed by atoms with E-state index in [2.05, 4.69) is 252 Å². The topological polar surface area (TPSA) is 8.17 Å². The first-order chi connectivity index (χ1) is 29.8. The Morgan fingerprint density at radius 2 is 0.800 bits per heavy atom. The molecule has 2 nitrogen and oxygen atoms in total. The molecule has 0 aliphatic carbocycles. The number of aromatic nitrogens is 1. The molecule has 11 aromatic rings. The van der Waals surface area contributed by atoms with Gasteiger partial charge in [-0.3, -0.25) is 0 Å². The lowest BCUT2D eigenvalue weighted by Gasteiger charge is -2.30. The van der Waals surface area contributed by atoms with Crippen LogP contribution in [0.15, 0.2) is 243 Å². The van der Waals surface area contributed by atoms with E-state index in [-0.39, 0.29) is 0 Å². The average molecular weight is 765 g/mol. The largest absolute Gasteiger partial charge is 0.309 e. The highest BCUT2D eigenvalue weighted by atomic mass is 15.2. The summed E-state index contributed by atoms with van der Waals surface area (Å²) in [7, 11) is 0. The van der Waals surface area contributed by atoms with Crippen LogP contribution < -0.4 is 4.90 Å². The van der Waals surface area contributed by atoms with Crippen LogP contribution in [0.1, 0.15) is 0 Å². The molecule has 0 saturated carbocycles. The minimum Gasteiger partial charge on any atom is -0.309 e. The molecular weight excluding hydrogens is 725 g/mol. The molecule has 0 aliphatic heterocycles. The van der Waals surface area contributed by atoms with Crippen molar-refractivity contribution >= 4 is 49.6 Å². The first-order valence-electron chi connectivity index (χ1n) is 20.6. The Kier molecular flexibility index (Phi) is 8.87. The van der Waals surface area contributed by atoms with Crippen LogP contribution in [0, 0.1) is 0 Å². The van der Waals surface area contributed by atoms with Gasteiger partial charge in [0.05, 0.1) is 28.1 Å². The zero-order chi connectivity index (χ0) is 39.8. The van der Waals surface area contributed by atoms with E-state index in [0.29, 0.717) is 0 Å². The fraction of sp³-hybridized carbons (Fsp3) is 0. The summed E-state index contributed by atoms with van der Waals surface area (Å²) >= 11 is 0. The van der Waals surface area contributed by atoms with Gasteiger partial charge >= 0.3 is 0 Å². The number of nitrogens with zero attached hydrogens (tertiary/aromatic N) is 2.